The van der Waals surface area contributed by atoms with Crippen molar-refractivity contribution in [2.24, 2.45) is 5.92 Å². The van der Waals surface area contributed by atoms with E-state index in [0.717, 1.165) is 18.9 Å². The second-order valence-corrected chi connectivity index (χ2v) is 13.8. The Hall–Kier alpha value is 0.137. The summed E-state index contributed by atoms with van der Waals surface area (Å²) in [7, 11) is -1.68. The summed E-state index contributed by atoms with van der Waals surface area (Å²) < 4.78 is 12.9. The van der Waals surface area contributed by atoms with Gasteiger partial charge in [0.05, 0.1) is 6.61 Å². The van der Waals surface area contributed by atoms with E-state index in [1.807, 2.05) is 0 Å². The Kier molecular flexibility index (Phi) is 4.70. The second-order valence-electron chi connectivity index (χ2n) is 8.94. The molecule has 0 aromatic carbocycles. The van der Waals surface area contributed by atoms with Crippen molar-refractivity contribution in [2.75, 3.05) is 6.61 Å². The van der Waals surface area contributed by atoms with E-state index in [4.69, 9.17) is 9.16 Å². The maximum atomic E-state index is 6.51. The van der Waals surface area contributed by atoms with Crippen molar-refractivity contribution in [3.05, 3.63) is 0 Å². The molecule has 1 saturated heterocycles. The van der Waals surface area contributed by atoms with Crippen molar-refractivity contribution in [2.45, 2.75) is 102 Å². The predicted molar refractivity (Wildman–Crippen MR) is 92.2 cm³/mol. The van der Waals surface area contributed by atoms with Crippen LogP contribution in [0.1, 0.15) is 73.1 Å². The summed E-state index contributed by atoms with van der Waals surface area (Å²) in [5.41, 5.74) is 0.0645. The summed E-state index contributed by atoms with van der Waals surface area (Å²) in [5, 5.41) is 0.276. The molecular weight excluding hydrogens is 276 g/mol. The van der Waals surface area contributed by atoms with Crippen LogP contribution in [0.2, 0.25) is 18.1 Å². The van der Waals surface area contributed by atoms with E-state index in [2.05, 4.69) is 47.7 Å². The van der Waals surface area contributed by atoms with E-state index < -0.39 is 8.32 Å². The van der Waals surface area contributed by atoms with Crippen LogP contribution in [0, 0.1) is 5.92 Å². The van der Waals surface area contributed by atoms with Gasteiger partial charge >= 0.3 is 0 Å². The lowest BCUT2D eigenvalue weighted by Gasteiger charge is -2.37. The largest absolute Gasteiger partial charge is 0.414 e. The SMILES string of the molecule is CC[C@@]1(CO[Si](C)(C)C(C)(C)C)O[C@@]1(C)C1CCCCC1. The Morgan fingerprint density at radius 2 is 1.71 bits per heavy atom. The quantitative estimate of drug-likeness (QED) is 0.492. The van der Waals surface area contributed by atoms with E-state index in [1.165, 1.54) is 32.1 Å². The minimum atomic E-state index is -1.68. The highest BCUT2D eigenvalue weighted by molar-refractivity contribution is 6.74. The molecule has 0 bridgehead atoms. The van der Waals surface area contributed by atoms with Crippen LogP contribution in [0.3, 0.4) is 0 Å². The van der Waals surface area contributed by atoms with Crippen LogP contribution in [-0.2, 0) is 9.16 Å². The molecule has 1 aliphatic heterocycles. The zero-order valence-corrected chi connectivity index (χ0v) is 16.3. The fraction of sp³-hybridized carbons (Fsp3) is 1.00. The van der Waals surface area contributed by atoms with Gasteiger partial charge in [0.25, 0.3) is 0 Å². The van der Waals surface area contributed by atoms with Crippen molar-refractivity contribution < 1.29 is 9.16 Å². The van der Waals surface area contributed by atoms with Crippen LogP contribution in [0.5, 0.6) is 0 Å². The Balaban J connectivity index is 2.01. The molecule has 0 aromatic rings. The molecule has 2 nitrogen and oxygen atoms in total. The third-order valence-electron chi connectivity index (χ3n) is 6.70. The number of rotatable bonds is 5. The van der Waals surface area contributed by atoms with Gasteiger partial charge in [-0.2, -0.15) is 0 Å². The molecule has 2 fully saturated rings. The van der Waals surface area contributed by atoms with Crippen molar-refractivity contribution >= 4 is 8.32 Å². The van der Waals surface area contributed by atoms with Crippen molar-refractivity contribution in [3.63, 3.8) is 0 Å². The Labute approximate surface area is 133 Å². The highest BCUT2D eigenvalue weighted by atomic mass is 28.4. The number of ether oxygens (including phenoxy) is 1. The first-order valence-corrected chi connectivity index (χ1v) is 11.8. The summed E-state index contributed by atoms with van der Waals surface area (Å²) in [6.07, 6.45) is 7.94. The Bertz CT molecular complexity index is 368. The fourth-order valence-corrected chi connectivity index (χ4v) is 4.73. The standard InChI is InChI=1S/C18H36O2Si/c1-8-18(14-19-21(6,7)16(2,3)4)17(5,20-18)15-12-10-9-11-13-15/h15H,8-14H2,1-7H3/t17-,18-/m0/s1. The Morgan fingerprint density at radius 1 is 1.14 bits per heavy atom. The summed E-state index contributed by atoms with van der Waals surface area (Å²) in [5.74, 6) is 0.745. The maximum Gasteiger partial charge on any atom is 0.192 e. The van der Waals surface area contributed by atoms with Gasteiger partial charge in [-0.25, -0.2) is 0 Å². The lowest BCUT2D eigenvalue weighted by atomic mass is 9.74. The molecule has 0 aromatic heterocycles. The van der Waals surface area contributed by atoms with Gasteiger partial charge in [-0.15, -0.1) is 0 Å². The van der Waals surface area contributed by atoms with E-state index in [0.29, 0.717) is 0 Å². The normalized spacial score (nSPS) is 35.0. The molecule has 0 N–H and O–H groups in total. The van der Waals surface area contributed by atoms with E-state index >= 15 is 0 Å². The molecule has 124 valence electrons. The third-order valence-corrected chi connectivity index (χ3v) is 11.2. The topological polar surface area (TPSA) is 21.8 Å². The zero-order chi connectivity index (χ0) is 15.9. The molecule has 3 heteroatoms. The molecule has 21 heavy (non-hydrogen) atoms. The van der Waals surface area contributed by atoms with Gasteiger partial charge < -0.3 is 9.16 Å². The molecule has 0 unspecified atom stereocenters. The van der Waals surface area contributed by atoms with Crippen LogP contribution in [0.15, 0.2) is 0 Å². The van der Waals surface area contributed by atoms with Gasteiger partial charge in [-0.1, -0.05) is 47.0 Å². The Morgan fingerprint density at radius 3 is 2.19 bits per heavy atom. The van der Waals surface area contributed by atoms with Crippen LogP contribution in [0.25, 0.3) is 0 Å². The molecular formula is C18H36O2Si. The number of hydrogen-bond acceptors (Lipinski definition) is 2. The predicted octanol–water partition coefficient (Wildman–Crippen LogP) is 5.53. The summed E-state index contributed by atoms with van der Waals surface area (Å²) >= 11 is 0. The second kappa shape index (κ2) is 5.65. The van der Waals surface area contributed by atoms with Crippen LogP contribution >= 0.6 is 0 Å². The molecule has 2 atom stereocenters. The average molecular weight is 313 g/mol. The molecule has 1 heterocycles. The zero-order valence-electron chi connectivity index (χ0n) is 15.3. The van der Waals surface area contributed by atoms with Crippen LogP contribution in [0.4, 0.5) is 0 Å². The van der Waals surface area contributed by atoms with Gasteiger partial charge in [0, 0.05) is 0 Å². The molecule has 2 rings (SSSR count). The van der Waals surface area contributed by atoms with E-state index in [9.17, 15) is 0 Å². The van der Waals surface area contributed by atoms with Gasteiger partial charge in [0.1, 0.15) is 11.2 Å². The fourth-order valence-electron chi connectivity index (χ4n) is 3.70. The number of epoxide rings is 1. The minimum absolute atomic E-state index is 0.00940. The molecule has 0 spiro atoms. The van der Waals surface area contributed by atoms with Crippen molar-refractivity contribution in [1.82, 2.24) is 0 Å². The van der Waals surface area contributed by atoms with Crippen molar-refractivity contribution in [1.29, 1.82) is 0 Å². The van der Waals surface area contributed by atoms with Gasteiger partial charge in [0.2, 0.25) is 0 Å². The number of hydrogen-bond donors (Lipinski definition) is 0. The third kappa shape index (κ3) is 3.11. The molecule has 2 aliphatic rings. The highest BCUT2D eigenvalue weighted by Gasteiger charge is 2.69. The minimum Gasteiger partial charge on any atom is -0.414 e. The van der Waals surface area contributed by atoms with Gasteiger partial charge in [0.15, 0.2) is 8.32 Å². The highest BCUT2D eigenvalue weighted by Crippen LogP contribution is 2.58. The first kappa shape index (κ1) is 17.5. The first-order chi connectivity index (χ1) is 9.58. The average Bonchev–Trinajstić information content (AvgIpc) is 3.04. The lowest BCUT2D eigenvalue weighted by Crippen LogP contribution is -2.45. The maximum absolute atomic E-state index is 6.51. The van der Waals surface area contributed by atoms with Gasteiger partial charge in [-0.05, 0) is 50.2 Å². The summed E-state index contributed by atoms with van der Waals surface area (Å²) in [6, 6.07) is 0. The monoisotopic (exact) mass is 312 g/mol. The molecule has 0 amide bonds. The van der Waals surface area contributed by atoms with Crippen molar-refractivity contribution in [3.8, 4) is 0 Å². The van der Waals surface area contributed by atoms with E-state index in [-0.39, 0.29) is 16.2 Å². The lowest BCUT2D eigenvalue weighted by molar-refractivity contribution is 0.163. The van der Waals surface area contributed by atoms with Crippen LogP contribution in [-0.4, -0.2) is 26.1 Å². The molecule has 1 aliphatic carbocycles. The van der Waals surface area contributed by atoms with Gasteiger partial charge in [-0.3, -0.25) is 0 Å². The first-order valence-electron chi connectivity index (χ1n) is 8.92. The summed E-state index contributed by atoms with van der Waals surface area (Å²) in [6.45, 7) is 17.0. The molecule has 0 radical (unpaired) electrons. The molecule has 1 saturated carbocycles. The summed E-state index contributed by atoms with van der Waals surface area (Å²) in [4.78, 5) is 0. The smallest absolute Gasteiger partial charge is 0.192 e. The van der Waals surface area contributed by atoms with Crippen LogP contribution < -0.4 is 0 Å². The van der Waals surface area contributed by atoms with E-state index in [1.54, 1.807) is 0 Å².